The standard InChI is InChI=1S/C12H9ClFN3S/c13-8-2-1-3-9(11(8)14)17-7-4-5-10(12(15)18)16-6-7/h1-6,17H,(H2,15,18). The molecule has 6 heteroatoms. The van der Waals surface area contributed by atoms with E-state index in [4.69, 9.17) is 29.6 Å². The van der Waals surface area contributed by atoms with Crippen molar-refractivity contribution in [2.45, 2.75) is 0 Å². The first kappa shape index (κ1) is 12.7. The van der Waals surface area contributed by atoms with E-state index in [1.807, 2.05) is 0 Å². The molecule has 0 atom stereocenters. The third-order valence-electron chi connectivity index (χ3n) is 2.25. The van der Waals surface area contributed by atoms with Crippen LogP contribution in [-0.2, 0) is 0 Å². The lowest BCUT2D eigenvalue weighted by Gasteiger charge is -2.08. The Labute approximate surface area is 114 Å². The predicted octanol–water partition coefficient (Wildman–Crippen LogP) is 3.25. The average molecular weight is 282 g/mol. The minimum absolute atomic E-state index is 0.0627. The number of hydrogen-bond donors (Lipinski definition) is 2. The summed E-state index contributed by atoms with van der Waals surface area (Å²) in [6.07, 6.45) is 1.52. The number of nitrogens with one attached hydrogen (secondary N) is 1. The SMILES string of the molecule is NC(=S)c1ccc(Nc2cccc(Cl)c2F)cn1. The molecule has 0 saturated carbocycles. The van der Waals surface area contributed by atoms with Gasteiger partial charge in [-0.2, -0.15) is 0 Å². The van der Waals surface area contributed by atoms with E-state index in [2.05, 4.69) is 10.3 Å². The van der Waals surface area contributed by atoms with Gasteiger partial charge in [-0.05, 0) is 24.3 Å². The number of aromatic nitrogens is 1. The number of thiocarbonyl (C=S) groups is 1. The molecule has 1 heterocycles. The van der Waals surface area contributed by atoms with Gasteiger partial charge in [-0.3, -0.25) is 4.98 Å². The van der Waals surface area contributed by atoms with Gasteiger partial charge in [0.05, 0.1) is 28.3 Å². The van der Waals surface area contributed by atoms with E-state index in [1.165, 1.54) is 12.3 Å². The first-order chi connectivity index (χ1) is 8.58. The second-order valence-electron chi connectivity index (χ2n) is 3.52. The number of halogens is 2. The molecule has 0 amide bonds. The van der Waals surface area contributed by atoms with Crippen LogP contribution in [0.25, 0.3) is 0 Å². The topological polar surface area (TPSA) is 50.9 Å². The van der Waals surface area contributed by atoms with Crippen LogP contribution in [-0.4, -0.2) is 9.97 Å². The van der Waals surface area contributed by atoms with Gasteiger partial charge in [-0.1, -0.05) is 29.9 Å². The van der Waals surface area contributed by atoms with Crippen molar-refractivity contribution in [1.82, 2.24) is 4.98 Å². The Hall–Kier alpha value is -1.72. The molecule has 92 valence electrons. The Balaban J connectivity index is 2.24. The van der Waals surface area contributed by atoms with E-state index in [0.29, 0.717) is 11.4 Å². The zero-order valence-corrected chi connectivity index (χ0v) is 10.7. The minimum Gasteiger partial charge on any atom is -0.388 e. The summed E-state index contributed by atoms with van der Waals surface area (Å²) < 4.78 is 13.6. The third-order valence-corrected chi connectivity index (χ3v) is 2.75. The van der Waals surface area contributed by atoms with Crippen LogP contribution in [0.15, 0.2) is 36.5 Å². The monoisotopic (exact) mass is 281 g/mol. The second kappa shape index (κ2) is 5.29. The molecule has 0 spiro atoms. The molecule has 0 aliphatic rings. The van der Waals surface area contributed by atoms with Gasteiger partial charge in [0.2, 0.25) is 0 Å². The van der Waals surface area contributed by atoms with Gasteiger partial charge in [-0.25, -0.2) is 4.39 Å². The molecule has 0 bridgehead atoms. The summed E-state index contributed by atoms with van der Waals surface area (Å²) >= 11 is 10.5. The van der Waals surface area contributed by atoms with Crippen LogP contribution in [0.1, 0.15) is 5.69 Å². The van der Waals surface area contributed by atoms with Crippen LogP contribution in [0.5, 0.6) is 0 Å². The summed E-state index contributed by atoms with van der Waals surface area (Å²) in [4.78, 5) is 4.26. The number of anilines is 2. The Morgan fingerprint density at radius 2 is 2.11 bits per heavy atom. The van der Waals surface area contributed by atoms with Crippen LogP contribution >= 0.6 is 23.8 Å². The van der Waals surface area contributed by atoms with Gasteiger partial charge in [0.25, 0.3) is 0 Å². The number of pyridine rings is 1. The highest BCUT2D eigenvalue weighted by molar-refractivity contribution is 7.80. The summed E-state index contributed by atoms with van der Waals surface area (Å²) in [5, 5.41) is 2.94. The van der Waals surface area contributed by atoms with E-state index >= 15 is 0 Å². The Kier molecular flexibility index (Phi) is 3.74. The molecule has 2 aromatic rings. The molecule has 1 aromatic heterocycles. The number of nitrogens with zero attached hydrogens (tertiary/aromatic N) is 1. The highest BCUT2D eigenvalue weighted by atomic mass is 35.5. The molecule has 0 fully saturated rings. The van der Waals surface area contributed by atoms with Crippen LogP contribution in [0.2, 0.25) is 5.02 Å². The molecular weight excluding hydrogens is 273 g/mol. The number of nitrogens with two attached hydrogens (primary N) is 1. The second-order valence-corrected chi connectivity index (χ2v) is 4.37. The molecule has 2 rings (SSSR count). The molecule has 0 unspecified atom stereocenters. The largest absolute Gasteiger partial charge is 0.388 e. The molecule has 3 nitrogen and oxygen atoms in total. The normalized spacial score (nSPS) is 10.1. The zero-order valence-electron chi connectivity index (χ0n) is 9.15. The summed E-state index contributed by atoms with van der Waals surface area (Å²) in [6, 6.07) is 8.10. The first-order valence-electron chi connectivity index (χ1n) is 5.05. The van der Waals surface area contributed by atoms with Crippen molar-refractivity contribution in [3.8, 4) is 0 Å². The summed E-state index contributed by atoms with van der Waals surface area (Å²) in [5.41, 5.74) is 6.85. The zero-order chi connectivity index (χ0) is 13.1. The molecule has 0 saturated heterocycles. The molecule has 3 N–H and O–H groups in total. The maximum atomic E-state index is 13.6. The Bertz CT molecular complexity index is 586. The van der Waals surface area contributed by atoms with E-state index in [1.54, 1.807) is 24.3 Å². The fraction of sp³-hybridized carbons (Fsp3) is 0. The van der Waals surface area contributed by atoms with Crippen molar-refractivity contribution >= 4 is 40.2 Å². The van der Waals surface area contributed by atoms with Crippen molar-refractivity contribution in [1.29, 1.82) is 0 Å². The quantitative estimate of drug-likeness (QED) is 0.848. The minimum atomic E-state index is -0.502. The molecular formula is C12H9ClFN3S. The predicted molar refractivity (Wildman–Crippen MR) is 74.8 cm³/mol. The third kappa shape index (κ3) is 2.75. The van der Waals surface area contributed by atoms with Crippen molar-refractivity contribution in [2.24, 2.45) is 5.73 Å². The Morgan fingerprint density at radius 3 is 2.72 bits per heavy atom. The summed E-state index contributed by atoms with van der Waals surface area (Å²) in [7, 11) is 0. The van der Waals surface area contributed by atoms with Gasteiger partial charge >= 0.3 is 0 Å². The molecule has 0 aliphatic carbocycles. The fourth-order valence-electron chi connectivity index (χ4n) is 1.37. The molecule has 0 aliphatic heterocycles. The van der Waals surface area contributed by atoms with Crippen LogP contribution < -0.4 is 11.1 Å². The lowest BCUT2D eigenvalue weighted by molar-refractivity contribution is 0.632. The van der Waals surface area contributed by atoms with E-state index in [-0.39, 0.29) is 15.7 Å². The number of rotatable bonds is 3. The van der Waals surface area contributed by atoms with Gasteiger partial charge in [0, 0.05) is 0 Å². The van der Waals surface area contributed by atoms with E-state index < -0.39 is 5.82 Å². The smallest absolute Gasteiger partial charge is 0.165 e. The summed E-state index contributed by atoms with van der Waals surface area (Å²) in [5.74, 6) is -0.502. The van der Waals surface area contributed by atoms with Gasteiger partial charge in [0.1, 0.15) is 4.99 Å². The first-order valence-corrected chi connectivity index (χ1v) is 5.83. The highest BCUT2D eigenvalue weighted by Crippen LogP contribution is 2.24. The van der Waals surface area contributed by atoms with E-state index in [9.17, 15) is 4.39 Å². The molecule has 1 aromatic carbocycles. The lowest BCUT2D eigenvalue weighted by Crippen LogP contribution is -2.11. The van der Waals surface area contributed by atoms with Crippen LogP contribution in [0, 0.1) is 5.82 Å². The van der Waals surface area contributed by atoms with Crippen molar-refractivity contribution in [2.75, 3.05) is 5.32 Å². The van der Waals surface area contributed by atoms with Crippen LogP contribution in [0.3, 0.4) is 0 Å². The van der Waals surface area contributed by atoms with Crippen molar-refractivity contribution in [3.63, 3.8) is 0 Å². The van der Waals surface area contributed by atoms with Crippen molar-refractivity contribution in [3.05, 3.63) is 53.1 Å². The van der Waals surface area contributed by atoms with Gasteiger partial charge < -0.3 is 11.1 Å². The van der Waals surface area contributed by atoms with Gasteiger partial charge in [0.15, 0.2) is 5.82 Å². The van der Waals surface area contributed by atoms with Crippen molar-refractivity contribution < 1.29 is 4.39 Å². The highest BCUT2D eigenvalue weighted by Gasteiger charge is 2.06. The average Bonchev–Trinajstić information content (AvgIpc) is 2.36. The lowest BCUT2D eigenvalue weighted by atomic mass is 10.2. The van der Waals surface area contributed by atoms with E-state index in [0.717, 1.165) is 0 Å². The Morgan fingerprint density at radius 1 is 1.33 bits per heavy atom. The number of benzene rings is 1. The molecule has 18 heavy (non-hydrogen) atoms. The number of hydrogen-bond acceptors (Lipinski definition) is 3. The maximum absolute atomic E-state index is 13.6. The molecule has 0 radical (unpaired) electrons. The van der Waals surface area contributed by atoms with Gasteiger partial charge in [-0.15, -0.1) is 0 Å². The van der Waals surface area contributed by atoms with Crippen LogP contribution in [0.4, 0.5) is 15.8 Å². The summed E-state index contributed by atoms with van der Waals surface area (Å²) in [6.45, 7) is 0. The fourth-order valence-corrected chi connectivity index (χ4v) is 1.66. The maximum Gasteiger partial charge on any atom is 0.165 e.